The first-order valence-electron chi connectivity index (χ1n) is 12.3. The first-order chi connectivity index (χ1) is 18.6. The predicted octanol–water partition coefficient (Wildman–Crippen LogP) is 5.64. The van der Waals surface area contributed by atoms with Gasteiger partial charge in [-0.1, -0.05) is 41.7 Å². The van der Waals surface area contributed by atoms with Crippen molar-refractivity contribution in [3.8, 4) is 21.8 Å². The number of carbonyl (C=O) groups excluding carboxylic acids is 1. The molecule has 4 heterocycles. The third-order valence-electron chi connectivity index (χ3n) is 6.32. The first kappa shape index (κ1) is 24.3. The molecule has 0 aliphatic carbocycles. The van der Waals surface area contributed by atoms with Gasteiger partial charge in [-0.15, -0.1) is 0 Å². The molecular weight excluding hydrogens is 501 g/mol. The number of amides is 1. The van der Waals surface area contributed by atoms with E-state index in [-0.39, 0.29) is 17.4 Å². The lowest BCUT2D eigenvalue weighted by Crippen LogP contribution is -2.35. The number of thiazole rings is 1. The second-order valence-corrected chi connectivity index (χ2v) is 9.97. The number of halogens is 1. The Bertz CT molecular complexity index is 1620. The number of nitrogens with one attached hydrogen (secondary N) is 1. The number of hydrogen-bond acceptors (Lipinski definition) is 7. The van der Waals surface area contributed by atoms with E-state index in [9.17, 15) is 9.18 Å². The lowest BCUT2D eigenvalue weighted by atomic mass is 10.1. The third kappa shape index (κ3) is 5.31. The van der Waals surface area contributed by atoms with Crippen molar-refractivity contribution in [1.82, 2.24) is 19.9 Å². The summed E-state index contributed by atoms with van der Waals surface area (Å²) in [4.78, 5) is 30.3. The van der Waals surface area contributed by atoms with E-state index >= 15 is 0 Å². The van der Waals surface area contributed by atoms with Crippen LogP contribution in [-0.2, 0) is 11.3 Å². The molecule has 5 aromatic rings. The second-order valence-electron chi connectivity index (χ2n) is 8.99. The van der Waals surface area contributed by atoms with Gasteiger partial charge in [-0.2, -0.15) is 0 Å². The molecule has 1 amide bonds. The lowest BCUT2D eigenvalue weighted by Gasteiger charge is -2.26. The van der Waals surface area contributed by atoms with Crippen molar-refractivity contribution < 1.29 is 13.9 Å². The maximum Gasteiger partial charge on any atom is 0.274 e. The maximum atomic E-state index is 13.7. The van der Waals surface area contributed by atoms with E-state index in [2.05, 4.69) is 26.3 Å². The summed E-state index contributed by atoms with van der Waals surface area (Å²) in [5, 5.41) is 3.75. The van der Waals surface area contributed by atoms with Crippen LogP contribution in [0.25, 0.3) is 32.2 Å². The molecule has 1 N–H and O–H groups in total. The van der Waals surface area contributed by atoms with Gasteiger partial charge in [-0.05, 0) is 48.0 Å². The Labute approximate surface area is 223 Å². The van der Waals surface area contributed by atoms with Gasteiger partial charge in [0.1, 0.15) is 26.9 Å². The molecule has 2 aromatic carbocycles. The number of rotatable bonds is 6. The zero-order chi connectivity index (χ0) is 25.9. The van der Waals surface area contributed by atoms with Crippen LogP contribution < -0.4 is 5.32 Å². The molecule has 0 bridgehead atoms. The van der Waals surface area contributed by atoms with Gasteiger partial charge >= 0.3 is 0 Å². The van der Waals surface area contributed by atoms with Crippen molar-refractivity contribution in [3.05, 3.63) is 96.1 Å². The minimum atomic E-state index is -0.359. The van der Waals surface area contributed by atoms with Gasteiger partial charge in [0.25, 0.3) is 5.91 Å². The highest BCUT2D eigenvalue weighted by atomic mass is 32.1. The smallest absolute Gasteiger partial charge is 0.274 e. The Hall–Kier alpha value is -4.05. The van der Waals surface area contributed by atoms with Gasteiger partial charge < -0.3 is 10.1 Å². The number of benzene rings is 2. The van der Waals surface area contributed by atoms with E-state index in [0.29, 0.717) is 16.9 Å². The quantitative estimate of drug-likeness (QED) is 0.309. The molecule has 190 valence electrons. The first-order valence-corrected chi connectivity index (χ1v) is 13.1. The molecule has 1 aliphatic heterocycles. The number of pyridine rings is 2. The van der Waals surface area contributed by atoms with Crippen LogP contribution in [0, 0.1) is 5.82 Å². The van der Waals surface area contributed by atoms with Crippen LogP contribution >= 0.6 is 11.3 Å². The number of aromatic nitrogens is 3. The zero-order valence-corrected chi connectivity index (χ0v) is 21.2. The van der Waals surface area contributed by atoms with Crippen LogP contribution in [-0.4, -0.2) is 52.1 Å². The lowest BCUT2D eigenvalue weighted by molar-refractivity contribution is 0.0341. The van der Waals surface area contributed by atoms with Crippen LogP contribution in [0.2, 0.25) is 0 Å². The number of fused-ring (bicyclic) bond motifs is 1. The van der Waals surface area contributed by atoms with E-state index in [1.165, 1.54) is 23.5 Å². The molecule has 0 radical (unpaired) electrons. The van der Waals surface area contributed by atoms with Crippen LogP contribution in [0.1, 0.15) is 16.1 Å². The zero-order valence-electron chi connectivity index (χ0n) is 20.4. The Kier molecular flexibility index (Phi) is 6.87. The topological polar surface area (TPSA) is 80.2 Å². The van der Waals surface area contributed by atoms with Gasteiger partial charge in [-0.3, -0.25) is 9.69 Å². The fourth-order valence-corrected chi connectivity index (χ4v) is 5.35. The third-order valence-corrected chi connectivity index (χ3v) is 7.33. The molecule has 9 heteroatoms. The number of hydrogen-bond donors (Lipinski definition) is 1. The summed E-state index contributed by atoms with van der Waals surface area (Å²) in [6, 6.07) is 20.9. The minimum Gasteiger partial charge on any atom is -0.379 e. The molecule has 0 saturated carbocycles. The monoisotopic (exact) mass is 525 g/mol. The van der Waals surface area contributed by atoms with Crippen molar-refractivity contribution >= 4 is 33.3 Å². The van der Waals surface area contributed by atoms with E-state index in [1.807, 2.05) is 30.5 Å². The van der Waals surface area contributed by atoms with Crippen LogP contribution in [0.5, 0.6) is 0 Å². The van der Waals surface area contributed by atoms with Crippen molar-refractivity contribution in [2.75, 3.05) is 31.6 Å². The maximum absolute atomic E-state index is 13.7. The molecule has 0 spiro atoms. The molecule has 3 aromatic heterocycles. The molecule has 0 unspecified atom stereocenters. The highest BCUT2D eigenvalue weighted by molar-refractivity contribution is 7.21. The van der Waals surface area contributed by atoms with Crippen LogP contribution in [0.15, 0.2) is 79.0 Å². The van der Waals surface area contributed by atoms with E-state index < -0.39 is 0 Å². The normalized spacial score (nSPS) is 14.0. The molecule has 1 saturated heterocycles. The van der Waals surface area contributed by atoms with Gasteiger partial charge in [0.15, 0.2) is 0 Å². The minimum absolute atomic E-state index is 0.236. The summed E-state index contributed by atoms with van der Waals surface area (Å²) < 4.78 is 19.1. The highest BCUT2D eigenvalue weighted by Gasteiger charge is 2.17. The summed E-state index contributed by atoms with van der Waals surface area (Å²) in [7, 11) is 0. The van der Waals surface area contributed by atoms with Gasteiger partial charge in [0, 0.05) is 37.0 Å². The molecule has 0 atom stereocenters. The van der Waals surface area contributed by atoms with Crippen molar-refractivity contribution in [3.63, 3.8) is 0 Å². The van der Waals surface area contributed by atoms with E-state index in [1.54, 1.807) is 30.3 Å². The molecular formula is C29H24FN5O2S. The number of para-hydroxylation sites is 1. The fourth-order valence-electron chi connectivity index (χ4n) is 4.42. The largest absolute Gasteiger partial charge is 0.379 e. The Morgan fingerprint density at radius 1 is 1.00 bits per heavy atom. The van der Waals surface area contributed by atoms with Crippen LogP contribution in [0.4, 0.5) is 10.1 Å². The highest BCUT2D eigenvalue weighted by Crippen LogP contribution is 2.34. The van der Waals surface area contributed by atoms with Crippen molar-refractivity contribution in [2.24, 2.45) is 0 Å². The molecule has 7 nitrogen and oxygen atoms in total. The number of carbonyl (C=O) groups is 1. The van der Waals surface area contributed by atoms with E-state index in [0.717, 1.165) is 59.3 Å². The molecule has 1 fully saturated rings. The summed E-state index contributed by atoms with van der Waals surface area (Å²) >= 11 is 1.49. The SMILES string of the molecule is O=C(Nc1ccccc1-c1nc2cc(CN3CCOCC3)cnc2s1)c1cccc(-c2cccc(F)c2)n1. The predicted molar refractivity (Wildman–Crippen MR) is 147 cm³/mol. The number of morpholine rings is 1. The van der Waals surface area contributed by atoms with Gasteiger partial charge in [0.05, 0.1) is 24.6 Å². The molecule has 6 rings (SSSR count). The van der Waals surface area contributed by atoms with Crippen LogP contribution in [0.3, 0.4) is 0 Å². The Morgan fingerprint density at radius 2 is 1.84 bits per heavy atom. The fraction of sp³-hybridized carbons (Fsp3) is 0.172. The summed E-state index contributed by atoms with van der Waals surface area (Å²) in [5.41, 5.74) is 4.75. The van der Waals surface area contributed by atoms with Crippen molar-refractivity contribution in [2.45, 2.75) is 6.54 Å². The average molecular weight is 526 g/mol. The molecule has 1 aliphatic rings. The molecule has 38 heavy (non-hydrogen) atoms. The standard InChI is InChI=1S/C29H24FN5O2S/c30-21-6-3-5-20(16-21)23-9-4-10-25(32-23)27(36)33-24-8-2-1-7-22(24)28-34-26-15-19(17-31-29(26)38-28)18-35-11-13-37-14-12-35/h1-10,15-17H,11-14,18H2,(H,33,36). The van der Waals surface area contributed by atoms with Crippen molar-refractivity contribution in [1.29, 1.82) is 0 Å². The van der Waals surface area contributed by atoms with Gasteiger partial charge in [0.2, 0.25) is 0 Å². The Balaban J connectivity index is 1.24. The Morgan fingerprint density at radius 3 is 2.71 bits per heavy atom. The summed E-state index contributed by atoms with van der Waals surface area (Å²) in [5.74, 6) is -0.714. The second kappa shape index (κ2) is 10.7. The summed E-state index contributed by atoms with van der Waals surface area (Å²) in [6.45, 7) is 4.14. The number of anilines is 1. The van der Waals surface area contributed by atoms with E-state index in [4.69, 9.17) is 9.72 Å². The average Bonchev–Trinajstić information content (AvgIpc) is 3.37. The summed E-state index contributed by atoms with van der Waals surface area (Å²) in [6.07, 6.45) is 1.91. The van der Waals surface area contributed by atoms with Gasteiger partial charge in [-0.25, -0.2) is 19.3 Å². The number of nitrogens with zero attached hydrogens (tertiary/aromatic N) is 4. The number of ether oxygens (including phenoxy) is 1.